The first kappa shape index (κ1) is 20.8. The van der Waals surface area contributed by atoms with Crippen molar-refractivity contribution >= 4 is 11.7 Å². The number of hydrogen-bond acceptors (Lipinski definition) is 6. The molecular formula is C26H36N2O4. The molecule has 1 aromatic rings. The Kier molecular flexibility index (Phi) is 4.95. The van der Waals surface area contributed by atoms with E-state index >= 15 is 0 Å². The van der Waals surface area contributed by atoms with Crippen LogP contribution in [0.3, 0.4) is 0 Å². The van der Waals surface area contributed by atoms with Crippen LogP contribution in [0.5, 0.6) is 5.75 Å². The molecular weight excluding hydrogens is 404 g/mol. The molecule has 0 amide bonds. The molecule has 5 fully saturated rings. The molecule has 2 aliphatic carbocycles. The molecule has 6 rings (SSSR count). The second-order valence-corrected chi connectivity index (χ2v) is 11.1. The molecule has 3 heterocycles. The van der Waals surface area contributed by atoms with Crippen molar-refractivity contribution in [2.24, 2.45) is 23.2 Å². The van der Waals surface area contributed by atoms with E-state index in [0.717, 1.165) is 57.9 Å². The summed E-state index contributed by atoms with van der Waals surface area (Å²) < 4.78 is 17.3. The van der Waals surface area contributed by atoms with Crippen molar-refractivity contribution in [1.82, 2.24) is 4.90 Å². The minimum atomic E-state index is 0.0230. The normalized spacial score (nSPS) is 41.2. The SMILES string of the molecule is COc1ccc(N2CCN(C[C@@H]3C(=O)O[C@@H]4C[C@@]5(C)CCC[C@]6(CO6)[C@H]5C[C@@H]34)CC2)cc1. The minimum Gasteiger partial charge on any atom is -0.497 e. The average molecular weight is 441 g/mol. The smallest absolute Gasteiger partial charge is 0.310 e. The molecule has 174 valence electrons. The van der Waals surface area contributed by atoms with Crippen molar-refractivity contribution in [3.8, 4) is 5.75 Å². The zero-order chi connectivity index (χ0) is 21.9. The fourth-order valence-corrected chi connectivity index (χ4v) is 7.43. The molecule has 3 aliphatic heterocycles. The maximum Gasteiger partial charge on any atom is 0.310 e. The molecule has 5 aliphatic rings. The lowest BCUT2D eigenvalue weighted by molar-refractivity contribution is -0.147. The number of carbonyl (C=O) groups excluding carboxylic acids is 1. The Bertz CT molecular complexity index is 861. The second kappa shape index (κ2) is 7.63. The highest BCUT2D eigenvalue weighted by atomic mass is 16.6. The third-order valence-electron chi connectivity index (χ3n) is 9.34. The van der Waals surface area contributed by atoms with Crippen LogP contribution in [0, 0.1) is 23.2 Å². The Morgan fingerprint density at radius 2 is 1.88 bits per heavy atom. The van der Waals surface area contributed by atoms with Crippen LogP contribution in [0.1, 0.15) is 39.0 Å². The number of carbonyl (C=O) groups is 1. The number of hydrogen-bond donors (Lipinski definition) is 0. The topological polar surface area (TPSA) is 54.5 Å². The van der Waals surface area contributed by atoms with E-state index in [1.54, 1.807) is 7.11 Å². The number of epoxide rings is 1. The first-order valence-electron chi connectivity index (χ1n) is 12.5. The standard InChI is InChI=1S/C26H36N2O4/c1-25-8-3-9-26(17-31-26)23(25)14-20-21(24(29)32-22(20)15-25)16-27-10-12-28(13-11-27)18-4-6-19(30-2)7-5-18/h4-7,20-23H,3,8-17H2,1-2H3/t20-,21-,22+,23-,25+,26-/m0/s1. The van der Waals surface area contributed by atoms with E-state index in [1.165, 1.54) is 24.9 Å². The number of ether oxygens (including phenoxy) is 3. The molecule has 6 atom stereocenters. The monoisotopic (exact) mass is 440 g/mol. The summed E-state index contributed by atoms with van der Waals surface area (Å²) in [6.45, 7) is 8.14. The third-order valence-corrected chi connectivity index (χ3v) is 9.34. The fraction of sp³-hybridized carbons (Fsp3) is 0.731. The Labute approximate surface area is 191 Å². The van der Waals surface area contributed by atoms with Gasteiger partial charge in [-0.15, -0.1) is 0 Å². The van der Waals surface area contributed by atoms with E-state index in [-0.39, 0.29) is 29.0 Å². The first-order valence-corrected chi connectivity index (χ1v) is 12.5. The first-order chi connectivity index (χ1) is 15.5. The maximum atomic E-state index is 12.9. The molecule has 0 unspecified atom stereocenters. The summed E-state index contributed by atoms with van der Waals surface area (Å²) in [5.74, 6) is 1.91. The van der Waals surface area contributed by atoms with Crippen molar-refractivity contribution < 1.29 is 19.0 Å². The van der Waals surface area contributed by atoms with Gasteiger partial charge in [-0.2, -0.15) is 0 Å². The van der Waals surface area contributed by atoms with Gasteiger partial charge in [0.1, 0.15) is 11.9 Å². The largest absolute Gasteiger partial charge is 0.497 e. The Morgan fingerprint density at radius 3 is 2.56 bits per heavy atom. The van der Waals surface area contributed by atoms with Gasteiger partial charge in [0.15, 0.2) is 0 Å². The van der Waals surface area contributed by atoms with Crippen LogP contribution in [-0.4, -0.2) is 69.0 Å². The second-order valence-electron chi connectivity index (χ2n) is 11.1. The Morgan fingerprint density at radius 1 is 1.12 bits per heavy atom. The summed E-state index contributed by atoms with van der Waals surface area (Å²) >= 11 is 0. The van der Waals surface area contributed by atoms with E-state index in [1.807, 2.05) is 12.1 Å². The van der Waals surface area contributed by atoms with Crippen molar-refractivity contribution in [2.45, 2.75) is 50.7 Å². The van der Waals surface area contributed by atoms with Crippen molar-refractivity contribution in [2.75, 3.05) is 51.3 Å². The minimum absolute atomic E-state index is 0.0230. The third kappa shape index (κ3) is 3.41. The van der Waals surface area contributed by atoms with Crippen LogP contribution in [0.25, 0.3) is 0 Å². The number of esters is 1. The van der Waals surface area contributed by atoms with Crippen molar-refractivity contribution in [3.05, 3.63) is 24.3 Å². The lowest BCUT2D eigenvalue weighted by atomic mass is 9.53. The highest BCUT2D eigenvalue weighted by Gasteiger charge is 2.65. The molecule has 0 aromatic heterocycles. The molecule has 32 heavy (non-hydrogen) atoms. The summed E-state index contributed by atoms with van der Waals surface area (Å²) in [5.41, 5.74) is 1.64. The van der Waals surface area contributed by atoms with E-state index in [4.69, 9.17) is 14.2 Å². The van der Waals surface area contributed by atoms with Crippen LogP contribution >= 0.6 is 0 Å². The molecule has 0 radical (unpaired) electrons. The molecule has 6 heteroatoms. The van der Waals surface area contributed by atoms with Crippen LogP contribution < -0.4 is 9.64 Å². The number of rotatable bonds is 4. The number of anilines is 1. The van der Waals surface area contributed by atoms with Crippen molar-refractivity contribution in [3.63, 3.8) is 0 Å². The number of methoxy groups -OCH3 is 1. The van der Waals surface area contributed by atoms with Gasteiger partial charge in [0.25, 0.3) is 0 Å². The Hall–Kier alpha value is -1.79. The van der Waals surface area contributed by atoms with Crippen LogP contribution in [-0.2, 0) is 14.3 Å². The van der Waals surface area contributed by atoms with E-state index in [2.05, 4.69) is 28.9 Å². The molecule has 1 spiro atoms. The summed E-state index contributed by atoms with van der Waals surface area (Å²) in [5, 5.41) is 0. The van der Waals surface area contributed by atoms with Gasteiger partial charge in [0.05, 0.1) is 25.2 Å². The lowest BCUT2D eigenvalue weighted by Gasteiger charge is -2.51. The molecule has 2 saturated carbocycles. The lowest BCUT2D eigenvalue weighted by Crippen LogP contribution is -2.52. The van der Waals surface area contributed by atoms with Gasteiger partial charge < -0.3 is 19.1 Å². The van der Waals surface area contributed by atoms with Gasteiger partial charge in [0.2, 0.25) is 0 Å². The molecule has 3 saturated heterocycles. The van der Waals surface area contributed by atoms with Crippen LogP contribution in [0.2, 0.25) is 0 Å². The molecule has 6 nitrogen and oxygen atoms in total. The van der Waals surface area contributed by atoms with Gasteiger partial charge in [-0.05, 0) is 67.7 Å². The zero-order valence-corrected chi connectivity index (χ0v) is 19.4. The number of fused-ring (bicyclic) bond motifs is 3. The van der Waals surface area contributed by atoms with E-state index in [9.17, 15) is 4.79 Å². The highest BCUT2D eigenvalue weighted by Crippen LogP contribution is 2.62. The zero-order valence-electron chi connectivity index (χ0n) is 19.4. The highest BCUT2D eigenvalue weighted by molar-refractivity contribution is 5.75. The van der Waals surface area contributed by atoms with Crippen molar-refractivity contribution in [1.29, 1.82) is 0 Å². The Balaban J connectivity index is 1.10. The van der Waals surface area contributed by atoms with Gasteiger partial charge in [-0.25, -0.2) is 0 Å². The van der Waals surface area contributed by atoms with Gasteiger partial charge >= 0.3 is 5.97 Å². The maximum absolute atomic E-state index is 12.9. The van der Waals surface area contributed by atoms with Gasteiger partial charge in [-0.1, -0.05) is 6.92 Å². The van der Waals surface area contributed by atoms with E-state index < -0.39 is 0 Å². The number of piperazine rings is 1. The van der Waals surface area contributed by atoms with Gasteiger partial charge in [0, 0.05) is 44.3 Å². The predicted molar refractivity (Wildman–Crippen MR) is 122 cm³/mol. The van der Waals surface area contributed by atoms with Crippen LogP contribution in [0.4, 0.5) is 5.69 Å². The summed E-state index contributed by atoms with van der Waals surface area (Å²) in [4.78, 5) is 17.8. The summed E-state index contributed by atoms with van der Waals surface area (Å²) in [7, 11) is 1.70. The molecule has 0 N–H and O–H groups in total. The van der Waals surface area contributed by atoms with Crippen LogP contribution in [0.15, 0.2) is 24.3 Å². The fourth-order valence-electron chi connectivity index (χ4n) is 7.43. The average Bonchev–Trinajstić information content (AvgIpc) is 3.51. The van der Waals surface area contributed by atoms with Gasteiger partial charge in [-0.3, -0.25) is 9.69 Å². The number of benzene rings is 1. The predicted octanol–water partition coefficient (Wildman–Crippen LogP) is 3.34. The molecule has 0 bridgehead atoms. The molecule has 1 aromatic carbocycles. The van der Waals surface area contributed by atoms with E-state index in [0.29, 0.717) is 11.8 Å². The quantitative estimate of drug-likeness (QED) is 0.529. The summed E-state index contributed by atoms with van der Waals surface area (Å²) in [6.07, 6.45) is 5.95. The number of nitrogens with zero attached hydrogens (tertiary/aromatic N) is 2. The summed E-state index contributed by atoms with van der Waals surface area (Å²) in [6, 6.07) is 8.31.